The van der Waals surface area contributed by atoms with Crippen molar-refractivity contribution in [2.75, 3.05) is 13.1 Å². The Labute approximate surface area is 125 Å². The predicted octanol–water partition coefficient (Wildman–Crippen LogP) is 1.02. The Morgan fingerprint density at radius 1 is 1.27 bits per heavy atom. The van der Waals surface area contributed by atoms with E-state index in [4.69, 9.17) is 5.11 Å². The second-order valence-corrected chi connectivity index (χ2v) is 4.62. The number of carbonyl (C=O) groups excluding carboxylic acids is 2. The minimum absolute atomic E-state index is 0.0440. The highest BCUT2D eigenvalue weighted by Gasteiger charge is 2.26. The highest BCUT2D eigenvalue weighted by atomic mass is 19.2. The van der Waals surface area contributed by atoms with Crippen molar-refractivity contribution in [1.82, 2.24) is 10.2 Å². The molecule has 1 rings (SSSR count). The first-order valence-electron chi connectivity index (χ1n) is 6.47. The Hall–Kier alpha value is -2.51. The molecule has 0 saturated carbocycles. The number of hydrogen-bond acceptors (Lipinski definition) is 3. The molecule has 0 heterocycles. The van der Waals surface area contributed by atoms with Crippen molar-refractivity contribution in [3.63, 3.8) is 0 Å². The van der Waals surface area contributed by atoms with Gasteiger partial charge in [0.15, 0.2) is 11.6 Å². The lowest BCUT2D eigenvalue weighted by Gasteiger charge is -2.26. The summed E-state index contributed by atoms with van der Waals surface area (Å²) in [5.41, 5.74) is -0.171. The number of nitrogens with one attached hydrogen (secondary N) is 1. The minimum atomic E-state index is -1.25. The van der Waals surface area contributed by atoms with E-state index >= 15 is 0 Å². The normalized spacial score (nSPS) is 11.6. The quantitative estimate of drug-likeness (QED) is 0.820. The first-order valence-corrected chi connectivity index (χ1v) is 6.47. The summed E-state index contributed by atoms with van der Waals surface area (Å²) in [7, 11) is 0. The van der Waals surface area contributed by atoms with Crippen molar-refractivity contribution in [3.05, 3.63) is 35.4 Å². The van der Waals surface area contributed by atoms with Crippen LogP contribution in [0.15, 0.2) is 18.2 Å². The second kappa shape index (κ2) is 7.48. The number of rotatable bonds is 6. The van der Waals surface area contributed by atoms with Crippen molar-refractivity contribution in [1.29, 1.82) is 0 Å². The molecule has 6 nitrogen and oxygen atoms in total. The van der Waals surface area contributed by atoms with Crippen LogP contribution in [0.1, 0.15) is 24.2 Å². The third-order valence-electron chi connectivity index (χ3n) is 2.98. The summed E-state index contributed by atoms with van der Waals surface area (Å²) in [5.74, 6) is -4.65. The molecule has 0 aliphatic rings. The number of aliphatic carboxylic acids is 1. The monoisotopic (exact) mass is 314 g/mol. The van der Waals surface area contributed by atoms with Crippen LogP contribution in [0.3, 0.4) is 0 Å². The number of carboxylic acids is 1. The van der Waals surface area contributed by atoms with E-state index in [1.54, 1.807) is 0 Å². The topological polar surface area (TPSA) is 86.7 Å². The van der Waals surface area contributed by atoms with Crippen LogP contribution in [-0.2, 0) is 9.59 Å². The molecule has 1 aromatic carbocycles. The Balaban J connectivity index is 2.97. The highest BCUT2D eigenvalue weighted by molar-refractivity contribution is 5.96. The standard InChI is InChI=1S/C14H16F2N2O4/c1-8(14(21)22)18(6-5-17-9(2)19)13(20)10-3-4-11(15)12(16)7-10/h3-4,7-8H,5-6H2,1-2H3,(H,17,19)(H,21,22). The molecule has 0 aromatic heterocycles. The Morgan fingerprint density at radius 2 is 1.91 bits per heavy atom. The van der Waals surface area contributed by atoms with Gasteiger partial charge < -0.3 is 15.3 Å². The molecule has 0 bridgehead atoms. The fourth-order valence-electron chi connectivity index (χ4n) is 1.75. The predicted molar refractivity (Wildman–Crippen MR) is 73.2 cm³/mol. The number of carbonyl (C=O) groups is 3. The van der Waals surface area contributed by atoms with Gasteiger partial charge in [0.05, 0.1) is 0 Å². The van der Waals surface area contributed by atoms with Gasteiger partial charge >= 0.3 is 5.97 Å². The molecule has 2 N–H and O–H groups in total. The van der Waals surface area contributed by atoms with Crippen molar-refractivity contribution < 1.29 is 28.3 Å². The number of benzene rings is 1. The lowest BCUT2D eigenvalue weighted by atomic mass is 10.1. The molecular formula is C14H16F2N2O4. The van der Waals surface area contributed by atoms with E-state index in [0.717, 1.165) is 17.0 Å². The van der Waals surface area contributed by atoms with Crippen molar-refractivity contribution >= 4 is 17.8 Å². The molecular weight excluding hydrogens is 298 g/mol. The van der Waals surface area contributed by atoms with E-state index in [9.17, 15) is 23.2 Å². The summed E-state index contributed by atoms with van der Waals surface area (Å²) in [6.45, 7) is 2.53. The first kappa shape index (κ1) is 17.5. The summed E-state index contributed by atoms with van der Waals surface area (Å²) in [6, 6.07) is 1.38. The zero-order chi connectivity index (χ0) is 16.9. The SMILES string of the molecule is CC(=O)NCCN(C(=O)c1ccc(F)c(F)c1)C(C)C(=O)O. The number of halogens is 2. The van der Waals surface area contributed by atoms with Gasteiger partial charge in [0.2, 0.25) is 5.91 Å². The highest BCUT2D eigenvalue weighted by Crippen LogP contribution is 2.13. The third-order valence-corrected chi connectivity index (χ3v) is 2.98. The van der Waals surface area contributed by atoms with Crippen LogP contribution in [0.2, 0.25) is 0 Å². The Morgan fingerprint density at radius 3 is 2.41 bits per heavy atom. The summed E-state index contributed by atoms with van der Waals surface area (Å²) in [6.07, 6.45) is 0. The zero-order valence-electron chi connectivity index (χ0n) is 12.1. The summed E-state index contributed by atoms with van der Waals surface area (Å²) >= 11 is 0. The molecule has 0 fully saturated rings. The molecule has 0 aliphatic heterocycles. The Kier molecular flexibility index (Phi) is 5.97. The number of carboxylic acid groups (broad SMARTS) is 1. The lowest BCUT2D eigenvalue weighted by molar-refractivity contribution is -0.141. The number of nitrogens with zero attached hydrogens (tertiary/aromatic N) is 1. The summed E-state index contributed by atoms with van der Waals surface area (Å²) in [4.78, 5) is 35.2. The Bertz CT molecular complexity index is 592. The molecule has 1 atom stereocenters. The molecule has 1 unspecified atom stereocenters. The fourth-order valence-corrected chi connectivity index (χ4v) is 1.75. The van der Waals surface area contributed by atoms with Gasteiger partial charge in [-0.25, -0.2) is 13.6 Å². The van der Waals surface area contributed by atoms with Gasteiger partial charge in [-0.05, 0) is 25.1 Å². The van der Waals surface area contributed by atoms with Gasteiger partial charge in [-0.2, -0.15) is 0 Å². The van der Waals surface area contributed by atoms with Gasteiger partial charge in [0.1, 0.15) is 6.04 Å². The van der Waals surface area contributed by atoms with Crippen LogP contribution < -0.4 is 5.32 Å². The van der Waals surface area contributed by atoms with Gasteiger partial charge in [0, 0.05) is 25.6 Å². The molecule has 2 amide bonds. The summed E-state index contributed by atoms with van der Waals surface area (Å²) in [5, 5.41) is 11.5. The molecule has 0 aliphatic carbocycles. The van der Waals surface area contributed by atoms with Crippen molar-refractivity contribution in [2.24, 2.45) is 0 Å². The average Bonchev–Trinajstić information content (AvgIpc) is 2.44. The van der Waals surface area contributed by atoms with Gasteiger partial charge in [0.25, 0.3) is 5.91 Å². The van der Waals surface area contributed by atoms with Crippen LogP contribution >= 0.6 is 0 Å². The third kappa shape index (κ3) is 4.51. The maximum Gasteiger partial charge on any atom is 0.326 e. The van der Waals surface area contributed by atoms with Gasteiger partial charge in [-0.3, -0.25) is 9.59 Å². The molecule has 8 heteroatoms. The largest absolute Gasteiger partial charge is 0.480 e. The van der Waals surface area contributed by atoms with E-state index in [0.29, 0.717) is 6.07 Å². The van der Waals surface area contributed by atoms with Crippen LogP contribution in [0.25, 0.3) is 0 Å². The van der Waals surface area contributed by atoms with Gasteiger partial charge in [-0.15, -0.1) is 0 Å². The number of hydrogen-bond donors (Lipinski definition) is 2. The maximum absolute atomic E-state index is 13.2. The molecule has 0 saturated heterocycles. The summed E-state index contributed by atoms with van der Waals surface area (Å²) < 4.78 is 26.1. The molecule has 120 valence electrons. The van der Waals surface area contributed by atoms with E-state index in [1.807, 2.05) is 0 Å². The minimum Gasteiger partial charge on any atom is -0.480 e. The lowest BCUT2D eigenvalue weighted by Crippen LogP contribution is -2.46. The van der Waals surface area contributed by atoms with Crippen LogP contribution in [0.5, 0.6) is 0 Å². The van der Waals surface area contributed by atoms with Crippen LogP contribution in [0.4, 0.5) is 8.78 Å². The molecule has 0 spiro atoms. The second-order valence-electron chi connectivity index (χ2n) is 4.62. The number of amides is 2. The van der Waals surface area contributed by atoms with Crippen molar-refractivity contribution in [3.8, 4) is 0 Å². The van der Waals surface area contributed by atoms with E-state index in [2.05, 4.69) is 5.32 Å². The van der Waals surface area contributed by atoms with Crippen LogP contribution in [0, 0.1) is 11.6 Å². The van der Waals surface area contributed by atoms with Crippen LogP contribution in [-0.4, -0.2) is 46.9 Å². The fraction of sp³-hybridized carbons (Fsp3) is 0.357. The smallest absolute Gasteiger partial charge is 0.326 e. The molecule has 0 radical (unpaired) electrons. The average molecular weight is 314 g/mol. The maximum atomic E-state index is 13.2. The zero-order valence-corrected chi connectivity index (χ0v) is 12.1. The van der Waals surface area contributed by atoms with Gasteiger partial charge in [-0.1, -0.05) is 0 Å². The van der Waals surface area contributed by atoms with E-state index < -0.39 is 29.6 Å². The van der Waals surface area contributed by atoms with E-state index in [1.165, 1.54) is 13.8 Å². The first-order chi connectivity index (χ1) is 10.2. The van der Waals surface area contributed by atoms with E-state index in [-0.39, 0.29) is 24.6 Å². The van der Waals surface area contributed by atoms with Crippen molar-refractivity contribution in [2.45, 2.75) is 19.9 Å². The molecule has 1 aromatic rings. The molecule has 22 heavy (non-hydrogen) atoms.